The van der Waals surface area contributed by atoms with Gasteiger partial charge in [0.2, 0.25) is 0 Å². The van der Waals surface area contributed by atoms with Gasteiger partial charge >= 0.3 is 12.8 Å². The zero-order valence-electron chi connectivity index (χ0n) is 10.3. The van der Waals surface area contributed by atoms with E-state index in [1.54, 1.807) is 0 Å². The number of hydrogen-bond acceptors (Lipinski definition) is 1. The molecule has 7 heteroatoms. The smallest absolute Gasteiger partial charge is 0.417 e. The van der Waals surface area contributed by atoms with Crippen LogP contribution in [0.4, 0.5) is 22.0 Å². The molecule has 0 aliphatic carbocycles. The molecule has 0 saturated heterocycles. The highest BCUT2D eigenvalue weighted by atomic mass is 35.5. The molecule has 0 fully saturated rings. The van der Waals surface area contributed by atoms with Gasteiger partial charge in [-0.25, -0.2) is 0 Å². The van der Waals surface area contributed by atoms with Crippen LogP contribution in [-0.2, 0) is 6.18 Å². The predicted molar refractivity (Wildman–Crippen MR) is 68.5 cm³/mol. The molecule has 2 aromatic carbocycles. The maximum absolute atomic E-state index is 13.0. The van der Waals surface area contributed by atoms with Crippen LogP contribution in [0.25, 0.3) is 11.1 Å². The zero-order valence-corrected chi connectivity index (χ0v) is 11.1. The molecule has 0 bridgehead atoms. The highest BCUT2D eigenvalue weighted by Crippen LogP contribution is 2.42. The van der Waals surface area contributed by atoms with Crippen molar-refractivity contribution in [3.8, 4) is 16.9 Å². The Kier molecular flexibility index (Phi) is 4.37. The van der Waals surface area contributed by atoms with E-state index in [0.717, 1.165) is 12.1 Å². The van der Waals surface area contributed by atoms with Crippen molar-refractivity contribution < 1.29 is 26.7 Å². The Bertz CT molecular complexity index is 640. The van der Waals surface area contributed by atoms with Crippen molar-refractivity contribution in [2.24, 2.45) is 0 Å². The van der Waals surface area contributed by atoms with Crippen LogP contribution >= 0.6 is 11.6 Å². The third-order valence-electron chi connectivity index (χ3n) is 2.70. The second kappa shape index (κ2) is 5.89. The van der Waals surface area contributed by atoms with Gasteiger partial charge in [0.15, 0.2) is 0 Å². The number of halogens is 6. The van der Waals surface area contributed by atoms with Gasteiger partial charge in [-0.15, -0.1) is 0 Å². The first-order valence-corrected chi connectivity index (χ1v) is 6.08. The fourth-order valence-corrected chi connectivity index (χ4v) is 2.14. The van der Waals surface area contributed by atoms with Crippen LogP contribution in [0.2, 0.25) is 5.02 Å². The molecule has 0 radical (unpaired) electrons. The van der Waals surface area contributed by atoms with E-state index in [4.69, 9.17) is 11.6 Å². The third kappa shape index (κ3) is 3.44. The molecule has 2 aromatic rings. The standard InChI is InChI=1S/C14H8ClF5O/c15-12-9(5-3-7-11(12)21-13(16)17)8-4-1-2-6-10(8)14(18,19)20/h1-7,13H. The molecule has 112 valence electrons. The Morgan fingerprint density at radius 1 is 0.905 bits per heavy atom. The molecule has 0 spiro atoms. The molecular weight excluding hydrogens is 315 g/mol. The lowest BCUT2D eigenvalue weighted by Gasteiger charge is -2.15. The summed E-state index contributed by atoms with van der Waals surface area (Å²) in [4.78, 5) is 0. The molecule has 0 aliphatic rings. The second-order valence-corrected chi connectivity index (χ2v) is 4.42. The van der Waals surface area contributed by atoms with Crippen molar-refractivity contribution in [2.45, 2.75) is 12.8 Å². The normalized spacial score (nSPS) is 11.8. The van der Waals surface area contributed by atoms with Crippen LogP contribution in [0.3, 0.4) is 0 Å². The van der Waals surface area contributed by atoms with Crippen LogP contribution in [-0.4, -0.2) is 6.61 Å². The molecular formula is C14H8ClF5O. The fraction of sp³-hybridized carbons (Fsp3) is 0.143. The zero-order chi connectivity index (χ0) is 15.6. The van der Waals surface area contributed by atoms with Crippen LogP contribution < -0.4 is 4.74 Å². The fourth-order valence-electron chi connectivity index (χ4n) is 1.87. The second-order valence-electron chi connectivity index (χ2n) is 4.04. The van der Waals surface area contributed by atoms with Crippen LogP contribution in [0, 0.1) is 0 Å². The molecule has 0 N–H and O–H groups in total. The van der Waals surface area contributed by atoms with E-state index >= 15 is 0 Å². The van der Waals surface area contributed by atoms with Gasteiger partial charge in [-0.05, 0) is 17.7 Å². The first kappa shape index (κ1) is 15.6. The van der Waals surface area contributed by atoms with E-state index in [0.29, 0.717) is 0 Å². The number of benzene rings is 2. The van der Waals surface area contributed by atoms with E-state index in [-0.39, 0.29) is 21.9 Å². The summed E-state index contributed by atoms with van der Waals surface area (Å²) in [5.41, 5.74) is -1.13. The molecule has 0 unspecified atom stereocenters. The Balaban J connectivity index is 2.58. The largest absolute Gasteiger partial charge is 0.433 e. The highest BCUT2D eigenvalue weighted by Gasteiger charge is 2.34. The van der Waals surface area contributed by atoms with Crippen LogP contribution in [0.15, 0.2) is 42.5 Å². The Hall–Kier alpha value is -1.82. The number of rotatable bonds is 3. The summed E-state index contributed by atoms with van der Waals surface area (Å²) >= 11 is 5.88. The van der Waals surface area contributed by atoms with Gasteiger partial charge in [0.25, 0.3) is 0 Å². The average Bonchev–Trinajstić information content (AvgIpc) is 2.40. The van der Waals surface area contributed by atoms with E-state index < -0.39 is 18.4 Å². The van der Waals surface area contributed by atoms with Gasteiger partial charge in [-0.1, -0.05) is 41.9 Å². The minimum absolute atomic E-state index is 0.0252. The van der Waals surface area contributed by atoms with E-state index in [1.807, 2.05) is 0 Å². The Morgan fingerprint density at radius 3 is 2.14 bits per heavy atom. The minimum atomic E-state index is -4.58. The van der Waals surface area contributed by atoms with Gasteiger partial charge in [0.05, 0.1) is 10.6 Å². The van der Waals surface area contributed by atoms with Crippen molar-refractivity contribution in [3.63, 3.8) is 0 Å². The Morgan fingerprint density at radius 2 is 1.52 bits per heavy atom. The SMILES string of the molecule is FC(F)Oc1cccc(-c2ccccc2C(F)(F)F)c1Cl. The summed E-state index contributed by atoms with van der Waals surface area (Å²) in [5.74, 6) is -0.374. The van der Waals surface area contributed by atoms with Crippen LogP contribution in [0.5, 0.6) is 5.75 Å². The van der Waals surface area contributed by atoms with Crippen molar-refractivity contribution in [1.29, 1.82) is 0 Å². The number of alkyl halides is 5. The van der Waals surface area contributed by atoms with E-state index in [9.17, 15) is 22.0 Å². The maximum Gasteiger partial charge on any atom is 0.417 e. The van der Waals surface area contributed by atoms with Crippen LogP contribution in [0.1, 0.15) is 5.56 Å². The molecule has 2 rings (SSSR count). The molecule has 0 aromatic heterocycles. The molecule has 1 nitrogen and oxygen atoms in total. The van der Waals surface area contributed by atoms with Crippen molar-refractivity contribution in [2.75, 3.05) is 0 Å². The van der Waals surface area contributed by atoms with Gasteiger partial charge in [-0.2, -0.15) is 22.0 Å². The van der Waals surface area contributed by atoms with Gasteiger partial charge in [-0.3, -0.25) is 0 Å². The predicted octanol–water partition coefficient (Wildman–Crippen LogP) is 5.63. The molecule has 0 saturated carbocycles. The molecule has 21 heavy (non-hydrogen) atoms. The topological polar surface area (TPSA) is 9.23 Å². The maximum atomic E-state index is 13.0. The van der Waals surface area contributed by atoms with Gasteiger partial charge in [0.1, 0.15) is 5.75 Å². The van der Waals surface area contributed by atoms with E-state index in [2.05, 4.69) is 4.74 Å². The lowest BCUT2D eigenvalue weighted by molar-refractivity contribution is -0.137. The monoisotopic (exact) mass is 322 g/mol. The summed E-state index contributed by atoms with van der Waals surface area (Å²) in [7, 11) is 0. The number of hydrogen-bond donors (Lipinski definition) is 0. The van der Waals surface area contributed by atoms with Gasteiger partial charge in [0, 0.05) is 5.56 Å². The average molecular weight is 323 g/mol. The van der Waals surface area contributed by atoms with Crippen molar-refractivity contribution in [1.82, 2.24) is 0 Å². The summed E-state index contributed by atoms with van der Waals surface area (Å²) < 4.78 is 67.6. The molecule has 0 aliphatic heterocycles. The Labute approximate surface area is 121 Å². The highest BCUT2D eigenvalue weighted by molar-refractivity contribution is 6.34. The summed E-state index contributed by atoms with van der Waals surface area (Å²) in [6, 6.07) is 8.52. The van der Waals surface area contributed by atoms with Crippen molar-refractivity contribution in [3.05, 3.63) is 53.1 Å². The molecule has 0 heterocycles. The summed E-state index contributed by atoms with van der Waals surface area (Å²) in [6.45, 7) is -3.12. The third-order valence-corrected chi connectivity index (χ3v) is 3.09. The summed E-state index contributed by atoms with van der Waals surface area (Å²) in [5, 5.41) is -0.297. The minimum Gasteiger partial charge on any atom is -0.433 e. The molecule has 0 amide bonds. The lowest BCUT2D eigenvalue weighted by Crippen LogP contribution is -2.07. The van der Waals surface area contributed by atoms with Gasteiger partial charge < -0.3 is 4.74 Å². The molecule has 0 atom stereocenters. The quantitative estimate of drug-likeness (QED) is 0.666. The first-order valence-electron chi connectivity index (χ1n) is 5.70. The first-order chi connectivity index (χ1) is 9.80. The summed E-state index contributed by atoms with van der Waals surface area (Å²) in [6.07, 6.45) is -4.58. The van der Waals surface area contributed by atoms with E-state index in [1.165, 1.54) is 30.3 Å². The number of ether oxygens (including phenoxy) is 1. The van der Waals surface area contributed by atoms with Crippen molar-refractivity contribution >= 4 is 11.6 Å². The lowest BCUT2D eigenvalue weighted by atomic mass is 9.99.